The van der Waals surface area contributed by atoms with Crippen LogP contribution in [0.25, 0.3) is 0 Å². The van der Waals surface area contributed by atoms with Crippen molar-refractivity contribution in [2.45, 2.75) is 13.5 Å². The quantitative estimate of drug-likeness (QED) is 0.769. The molecule has 1 aromatic carbocycles. The summed E-state index contributed by atoms with van der Waals surface area (Å²) in [6.07, 6.45) is 0. The summed E-state index contributed by atoms with van der Waals surface area (Å²) in [5, 5.41) is 2.52. The molecular weight excluding hydrogens is 292 g/mol. The van der Waals surface area contributed by atoms with Crippen molar-refractivity contribution in [2.24, 2.45) is 0 Å². The fourth-order valence-electron chi connectivity index (χ4n) is 2.13. The van der Waals surface area contributed by atoms with Gasteiger partial charge in [0.25, 0.3) is 0 Å². The lowest BCUT2D eigenvalue weighted by Crippen LogP contribution is -2.42. The molecule has 6 heteroatoms. The molecule has 0 fully saturated rings. The van der Waals surface area contributed by atoms with Crippen molar-refractivity contribution in [3.05, 3.63) is 29.8 Å². The highest BCUT2D eigenvalue weighted by Gasteiger charge is 2.15. The third-order valence-corrected chi connectivity index (χ3v) is 3.75. The highest BCUT2D eigenvalue weighted by atomic mass is 16.2. The van der Waals surface area contributed by atoms with Crippen molar-refractivity contribution < 1.29 is 9.59 Å². The molecule has 0 unspecified atom stereocenters. The summed E-state index contributed by atoms with van der Waals surface area (Å²) in [6, 6.07) is 8.30. The second-order valence-electron chi connectivity index (χ2n) is 5.79. The summed E-state index contributed by atoms with van der Waals surface area (Å²) < 4.78 is 0. The van der Waals surface area contributed by atoms with Gasteiger partial charge in [0.2, 0.25) is 11.8 Å². The van der Waals surface area contributed by atoms with E-state index < -0.39 is 0 Å². The first-order valence-electron chi connectivity index (χ1n) is 7.80. The fraction of sp³-hybridized carbons (Fsp3) is 0.529. The lowest BCUT2D eigenvalue weighted by molar-refractivity contribution is -0.135. The molecule has 0 bridgehead atoms. The van der Waals surface area contributed by atoms with Crippen LogP contribution in [0.15, 0.2) is 24.3 Å². The van der Waals surface area contributed by atoms with Gasteiger partial charge in [0.05, 0.1) is 13.1 Å². The number of anilines is 1. The molecule has 1 rings (SSSR count). The Bertz CT molecular complexity index is 514. The van der Waals surface area contributed by atoms with E-state index in [0.717, 1.165) is 12.2 Å². The number of nitrogens with one attached hydrogen (secondary N) is 1. The van der Waals surface area contributed by atoms with Crippen molar-refractivity contribution in [3.8, 4) is 0 Å². The third-order valence-electron chi connectivity index (χ3n) is 3.75. The molecule has 0 atom stereocenters. The average Bonchev–Trinajstić information content (AvgIpc) is 2.54. The lowest BCUT2D eigenvalue weighted by atomic mass is 10.2. The summed E-state index contributed by atoms with van der Waals surface area (Å²) in [7, 11) is 7.23. The van der Waals surface area contributed by atoms with Crippen LogP contribution in [-0.4, -0.2) is 69.4 Å². The number of hydrogen-bond donors (Lipinski definition) is 1. The average molecular weight is 320 g/mol. The van der Waals surface area contributed by atoms with E-state index in [0.29, 0.717) is 13.1 Å². The largest absolute Gasteiger partial charge is 0.378 e. The molecule has 2 amide bonds. The third kappa shape index (κ3) is 6.28. The van der Waals surface area contributed by atoms with Gasteiger partial charge in [-0.1, -0.05) is 19.1 Å². The second kappa shape index (κ2) is 9.15. The first kappa shape index (κ1) is 19.0. The van der Waals surface area contributed by atoms with Crippen LogP contribution < -0.4 is 10.2 Å². The Hall–Kier alpha value is -2.08. The zero-order valence-electron chi connectivity index (χ0n) is 14.8. The smallest absolute Gasteiger partial charge is 0.239 e. The molecule has 6 nitrogen and oxygen atoms in total. The maximum atomic E-state index is 12.2. The zero-order chi connectivity index (χ0) is 17.4. The molecule has 0 radical (unpaired) electrons. The molecule has 23 heavy (non-hydrogen) atoms. The summed E-state index contributed by atoms with van der Waals surface area (Å²) in [5.74, 6) is -0.219. The first-order valence-corrected chi connectivity index (χ1v) is 7.80. The van der Waals surface area contributed by atoms with Crippen molar-refractivity contribution in [1.29, 1.82) is 0 Å². The minimum Gasteiger partial charge on any atom is -0.378 e. The standard InChI is InChI=1S/C17H28N4O2/c1-6-21(13-17(23)20(5)12-16(22)18-2)11-14-7-9-15(10-8-14)19(3)4/h7-10H,6,11-13H2,1-5H3,(H,18,22). The van der Waals surface area contributed by atoms with Crippen molar-refractivity contribution in [1.82, 2.24) is 15.1 Å². The molecule has 0 spiro atoms. The van der Waals surface area contributed by atoms with Gasteiger partial charge in [0.1, 0.15) is 0 Å². The van der Waals surface area contributed by atoms with Crippen LogP contribution in [0.2, 0.25) is 0 Å². The number of benzene rings is 1. The topological polar surface area (TPSA) is 55.9 Å². The second-order valence-corrected chi connectivity index (χ2v) is 5.79. The number of carbonyl (C=O) groups excluding carboxylic acids is 2. The zero-order valence-corrected chi connectivity index (χ0v) is 14.8. The number of carbonyl (C=O) groups is 2. The van der Waals surface area contributed by atoms with Crippen LogP contribution >= 0.6 is 0 Å². The van der Waals surface area contributed by atoms with Gasteiger partial charge in [-0.05, 0) is 24.2 Å². The number of nitrogens with zero attached hydrogens (tertiary/aromatic N) is 3. The maximum Gasteiger partial charge on any atom is 0.239 e. The van der Waals surface area contributed by atoms with Crippen LogP contribution in [0, 0.1) is 0 Å². The van der Waals surface area contributed by atoms with Crippen LogP contribution in [0.1, 0.15) is 12.5 Å². The molecule has 0 aliphatic heterocycles. The van der Waals surface area contributed by atoms with E-state index in [4.69, 9.17) is 0 Å². The minimum atomic E-state index is -0.164. The summed E-state index contributed by atoms with van der Waals surface area (Å²) in [5.41, 5.74) is 2.32. The van der Waals surface area contributed by atoms with Gasteiger partial charge in [0.15, 0.2) is 0 Å². The summed E-state index contributed by atoms with van der Waals surface area (Å²) in [4.78, 5) is 29.1. The van der Waals surface area contributed by atoms with Gasteiger partial charge >= 0.3 is 0 Å². The predicted molar refractivity (Wildman–Crippen MR) is 93.4 cm³/mol. The van der Waals surface area contributed by atoms with Gasteiger partial charge in [-0.3, -0.25) is 14.5 Å². The lowest BCUT2D eigenvalue weighted by Gasteiger charge is -2.24. The van der Waals surface area contributed by atoms with E-state index in [2.05, 4.69) is 39.4 Å². The van der Waals surface area contributed by atoms with Crippen LogP contribution in [-0.2, 0) is 16.1 Å². The van der Waals surface area contributed by atoms with E-state index >= 15 is 0 Å². The van der Waals surface area contributed by atoms with E-state index in [1.165, 1.54) is 10.5 Å². The van der Waals surface area contributed by atoms with Crippen LogP contribution in [0.5, 0.6) is 0 Å². The Balaban J connectivity index is 2.59. The minimum absolute atomic E-state index is 0.0552. The van der Waals surface area contributed by atoms with E-state index in [-0.39, 0.29) is 18.4 Å². The molecule has 1 N–H and O–H groups in total. The molecule has 1 aromatic rings. The molecular formula is C17H28N4O2. The Kier molecular flexibility index (Phi) is 7.54. The highest BCUT2D eigenvalue weighted by Crippen LogP contribution is 2.13. The fourth-order valence-corrected chi connectivity index (χ4v) is 2.13. The van der Waals surface area contributed by atoms with Gasteiger partial charge in [-0.25, -0.2) is 0 Å². The molecule has 0 saturated carbocycles. The molecule has 128 valence electrons. The maximum absolute atomic E-state index is 12.2. The Morgan fingerprint density at radius 1 is 1.04 bits per heavy atom. The Morgan fingerprint density at radius 2 is 1.65 bits per heavy atom. The van der Waals surface area contributed by atoms with Crippen molar-refractivity contribution in [3.63, 3.8) is 0 Å². The van der Waals surface area contributed by atoms with E-state index in [9.17, 15) is 9.59 Å². The summed E-state index contributed by atoms with van der Waals surface area (Å²) in [6.45, 7) is 3.91. The number of amides is 2. The Labute approximate surface area is 139 Å². The monoisotopic (exact) mass is 320 g/mol. The number of rotatable bonds is 8. The number of likely N-dealkylation sites (N-methyl/N-ethyl adjacent to an activating group) is 3. The molecule has 0 aliphatic rings. The Morgan fingerprint density at radius 3 is 2.13 bits per heavy atom. The SMILES string of the molecule is CCN(CC(=O)N(C)CC(=O)NC)Cc1ccc(N(C)C)cc1. The molecule has 0 saturated heterocycles. The normalized spacial score (nSPS) is 10.5. The van der Waals surface area contributed by atoms with E-state index in [1.54, 1.807) is 14.1 Å². The van der Waals surface area contributed by atoms with Gasteiger partial charge in [-0.15, -0.1) is 0 Å². The van der Waals surface area contributed by atoms with Gasteiger partial charge < -0.3 is 15.1 Å². The van der Waals surface area contributed by atoms with E-state index in [1.807, 2.05) is 21.0 Å². The highest BCUT2D eigenvalue weighted by molar-refractivity contribution is 5.85. The van der Waals surface area contributed by atoms with Crippen molar-refractivity contribution >= 4 is 17.5 Å². The van der Waals surface area contributed by atoms with Crippen LogP contribution in [0.4, 0.5) is 5.69 Å². The summed E-state index contributed by atoms with van der Waals surface area (Å²) >= 11 is 0. The predicted octanol–water partition coefficient (Wildman–Crippen LogP) is 0.779. The molecule has 0 aromatic heterocycles. The van der Waals surface area contributed by atoms with Gasteiger partial charge in [0, 0.05) is 40.4 Å². The van der Waals surface area contributed by atoms with Crippen molar-refractivity contribution in [2.75, 3.05) is 52.7 Å². The number of hydrogen-bond acceptors (Lipinski definition) is 4. The first-order chi connectivity index (χ1) is 10.9. The van der Waals surface area contributed by atoms with Crippen LogP contribution in [0.3, 0.4) is 0 Å². The van der Waals surface area contributed by atoms with Gasteiger partial charge in [-0.2, -0.15) is 0 Å². The molecule has 0 heterocycles. The molecule has 0 aliphatic carbocycles.